The van der Waals surface area contributed by atoms with Gasteiger partial charge in [-0.05, 0) is 23.8 Å². The number of nitrogens with zero attached hydrogens (tertiary/aromatic N) is 1. The molecule has 0 saturated carbocycles. The summed E-state index contributed by atoms with van der Waals surface area (Å²) < 4.78 is 11.2. The van der Waals surface area contributed by atoms with Crippen molar-refractivity contribution in [2.45, 2.75) is 6.92 Å². The summed E-state index contributed by atoms with van der Waals surface area (Å²) in [5.41, 5.74) is 4.19. The number of nitrogens with one attached hydrogen (secondary N) is 1. The Labute approximate surface area is 141 Å². The highest BCUT2D eigenvalue weighted by Gasteiger charge is 2.08. The summed E-state index contributed by atoms with van der Waals surface area (Å²) in [4.78, 5) is 10.9. The Morgan fingerprint density at radius 2 is 1.96 bits per heavy atom. The van der Waals surface area contributed by atoms with Gasteiger partial charge in [-0.2, -0.15) is 5.10 Å². The molecule has 0 spiro atoms. The number of methoxy groups -OCH3 is 1. The summed E-state index contributed by atoms with van der Waals surface area (Å²) in [7, 11) is 1.58. The first-order valence-electron chi connectivity index (χ1n) is 7.51. The standard InChI is InChI=1S/C19H20N2O3/c1-15(22)21-20-14-17-11-6-12-18(23-2)19(17)24-13-7-10-16-8-4-3-5-9-16/h3-12,14H,13H2,1-2H3,(H,21,22)/b10-7+,20-14?. The van der Waals surface area contributed by atoms with Crippen molar-refractivity contribution in [3.63, 3.8) is 0 Å². The number of para-hydroxylation sites is 1. The molecule has 0 unspecified atom stereocenters. The summed E-state index contributed by atoms with van der Waals surface area (Å²) in [6.45, 7) is 1.78. The van der Waals surface area contributed by atoms with Gasteiger partial charge in [-0.25, -0.2) is 5.43 Å². The van der Waals surface area contributed by atoms with Crippen LogP contribution in [0.3, 0.4) is 0 Å². The van der Waals surface area contributed by atoms with Crippen LogP contribution < -0.4 is 14.9 Å². The molecule has 24 heavy (non-hydrogen) atoms. The highest BCUT2D eigenvalue weighted by atomic mass is 16.5. The molecule has 1 N–H and O–H groups in total. The largest absolute Gasteiger partial charge is 0.493 e. The lowest BCUT2D eigenvalue weighted by Gasteiger charge is -2.11. The van der Waals surface area contributed by atoms with Gasteiger partial charge in [0.15, 0.2) is 11.5 Å². The van der Waals surface area contributed by atoms with Gasteiger partial charge < -0.3 is 9.47 Å². The maximum atomic E-state index is 10.9. The third-order valence-corrected chi connectivity index (χ3v) is 3.09. The fourth-order valence-corrected chi connectivity index (χ4v) is 2.02. The molecular formula is C19H20N2O3. The number of ether oxygens (including phenoxy) is 2. The minimum Gasteiger partial charge on any atom is -0.493 e. The van der Waals surface area contributed by atoms with E-state index in [1.165, 1.54) is 13.1 Å². The Morgan fingerprint density at radius 1 is 1.17 bits per heavy atom. The van der Waals surface area contributed by atoms with Crippen molar-refractivity contribution in [3.8, 4) is 11.5 Å². The molecule has 0 bridgehead atoms. The fourth-order valence-electron chi connectivity index (χ4n) is 2.02. The van der Waals surface area contributed by atoms with E-state index in [0.29, 0.717) is 18.1 Å². The van der Waals surface area contributed by atoms with E-state index in [1.807, 2.05) is 60.7 Å². The SMILES string of the molecule is COc1cccc(C=NNC(C)=O)c1OC/C=C/c1ccccc1. The van der Waals surface area contributed by atoms with Crippen LogP contribution >= 0.6 is 0 Å². The number of hydrogen-bond donors (Lipinski definition) is 1. The number of amides is 1. The molecule has 5 nitrogen and oxygen atoms in total. The summed E-state index contributed by atoms with van der Waals surface area (Å²) >= 11 is 0. The van der Waals surface area contributed by atoms with Crippen LogP contribution in [0, 0.1) is 0 Å². The molecule has 0 aliphatic rings. The van der Waals surface area contributed by atoms with Gasteiger partial charge in [-0.3, -0.25) is 4.79 Å². The van der Waals surface area contributed by atoms with Crippen molar-refractivity contribution in [2.24, 2.45) is 5.10 Å². The monoisotopic (exact) mass is 324 g/mol. The number of rotatable bonds is 7. The van der Waals surface area contributed by atoms with E-state index in [-0.39, 0.29) is 5.91 Å². The van der Waals surface area contributed by atoms with Crippen LogP contribution in [0.5, 0.6) is 11.5 Å². The van der Waals surface area contributed by atoms with Gasteiger partial charge in [0.25, 0.3) is 0 Å². The van der Waals surface area contributed by atoms with Gasteiger partial charge in [0.2, 0.25) is 5.91 Å². The van der Waals surface area contributed by atoms with Gasteiger partial charge >= 0.3 is 0 Å². The van der Waals surface area contributed by atoms with E-state index in [0.717, 1.165) is 11.1 Å². The summed E-state index contributed by atoms with van der Waals surface area (Å²) in [6.07, 6.45) is 5.44. The van der Waals surface area contributed by atoms with Crippen LogP contribution in [-0.2, 0) is 4.79 Å². The number of carbonyl (C=O) groups excluding carboxylic acids is 1. The van der Waals surface area contributed by atoms with Crippen LogP contribution in [0.2, 0.25) is 0 Å². The Kier molecular flexibility index (Phi) is 6.58. The third-order valence-electron chi connectivity index (χ3n) is 3.09. The second-order valence-electron chi connectivity index (χ2n) is 4.93. The number of hydrazone groups is 1. The molecule has 5 heteroatoms. The lowest BCUT2D eigenvalue weighted by atomic mass is 10.2. The van der Waals surface area contributed by atoms with Crippen LogP contribution in [-0.4, -0.2) is 25.8 Å². The van der Waals surface area contributed by atoms with Crippen LogP contribution in [0.15, 0.2) is 59.7 Å². The Balaban J connectivity index is 2.08. The second-order valence-corrected chi connectivity index (χ2v) is 4.93. The van der Waals surface area contributed by atoms with E-state index in [2.05, 4.69) is 10.5 Å². The first-order chi connectivity index (χ1) is 11.7. The van der Waals surface area contributed by atoms with Gasteiger partial charge in [-0.15, -0.1) is 0 Å². The first-order valence-corrected chi connectivity index (χ1v) is 7.51. The van der Waals surface area contributed by atoms with E-state index < -0.39 is 0 Å². The van der Waals surface area contributed by atoms with E-state index in [1.54, 1.807) is 7.11 Å². The molecule has 2 rings (SSSR count). The zero-order chi connectivity index (χ0) is 17.2. The average Bonchev–Trinajstić information content (AvgIpc) is 2.60. The van der Waals surface area contributed by atoms with E-state index in [4.69, 9.17) is 9.47 Å². The first kappa shape index (κ1) is 17.3. The molecule has 2 aromatic carbocycles. The van der Waals surface area contributed by atoms with E-state index in [9.17, 15) is 4.79 Å². The second kappa shape index (κ2) is 9.15. The topological polar surface area (TPSA) is 59.9 Å². The lowest BCUT2D eigenvalue weighted by Crippen LogP contribution is -2.12. The molecule has 0 aliphatic carbocycles. The van der Waals surface area contributed by atoms with Crippen LogP contribution in [0.4, 0.5) is 0 Å². The Morgan fingerprint density at radius 3 is 2.67 bits per heavy atom. The fraction of sp³-hybridized carbons (Fsp3) is 0.158. The number of hydrogen-bond acceptors (Lipinski definition) is 4. The quantitative estimate of drug-likeness (QED) is 0.628. The molecule has 0 heterocycles. The normalized spacial score (nSPS) is 10.9. The van der Waals surface area contributed by atoms with Crippen LogP contribution in [0.25, 0.3) is 6.08 Å². The molecule has 2 aromatic rings. The van der Waals surface area contributed by atoms with Gasteiger partial charge in [0.05, 0.1) is 13.3 Å². The van der Waals surface area contributed by atoms with Crippen molar-refractivity contribution < 1.29 is 14.3 Å². The number of carbonyl (C=O) groups is 1. The minimum atomic E-state index is -0.234. The van der Waals surface area contributed by atoms with Gasteiger partial charge in [0, 0.05) is 12.5 Å². The van der Waals surface area contributed by atoms with E-state index >= 15 is 0 Å². The summed E-state index contributed by atoms with van der Waals surface area (Å²) in [5.74, 6) is 0.948. The highest BCUT2D eigenvalue weighted by molar-refractivity contribution is 5.86. The van der Waals surface area contributed by atoms with Crippen molar-refractivity contribution in [1.29, 1.82) is 0 Å². The minimum absolute atomic E-state index is 0.234. The zero-order valence-corrected chi connectivity index (χ0v) is 13.7. The third kappa shape index (κ3) is 5.28. The molecular weight excluding hydrogens is 304 g/mol. The average molecular weight is 324 g/mol. The molecule has 1 amide bonds. The maximum absolute atomic E-state index is 10.9. The summed E-state index contributed by atoms with van der Waals surface area (Å²) in [6, 6.07) is 15.5. The van der Waals surface area contributed by atoms with Crippen molar-refractivity contribution in [2.75, 3.05) is 13.7 Å². The molecule has 0 aliphatic heterocycles. The van der Waals surface area contributed by atoms with Crippen molar-refractivity contribution in [3.05, 3.63) is 65.7 Å². The Hall–Kier alpha value is -3.08. The molecule has 0 aromatic heterocycles. The predicted molar refractivity (Wildman–Crippen MR) is 95.4 cm³/mol. The Bertz CT molecular complexity index is 725. The molecule has 0 fully saturated rings. The van der Waals surface area contributed by atoms with Crippen molar-refractivity contribution in [1.82, 2.24) is 5.43 Å². The highest BCUT2D eigenvalue weighted by Crippen LogP contribution is 2.30. The van der Waals surface area contributed by atoms with Crippen molar-refractivity contribution >= 4 is 18.2 Å². The van der Waals surface area contributed by atoms with Gasteiger partial charge in [0.1, 0.15) is 6.61 Å². The predicted octanol–water partition coefficient (Wildman–Crippen LogP) is 3.26. The van der Waals surface area contributed by atoms with Gasteiger partial charge in [-0.1, -0.05) is 42.5 Å². The zero-order valence-electron chi connectivity index (χ0n) is 13.7. The molecule has 0 radical (unpaired) electrons. The smallest absolute Gasteiger partial charge is 0.236 e. The lowest BCUT2D eigenvalue weighted by molar-refractivity contribution is -0.118. The molecule has 0 atom stereocenters. The summed E-state index contributed by atoms with van der Waals surface area (Å²) in [5, 5.41) is 3.87. The maximum Gasteiger partial charge on any atom is 0.236 e. The van der Waals surface area contributed by atoms with Crippen LogP contribution in [0.1, 0.15) is 18.1 Å². The number of benzene rings is 2. The molecule has 0 saturated heterocycles. The molecule has 124 valence electrons.